The number of esters is 1. The smallest absolute Gasteiger partial charge is 0.349 e. The second kappa shape index (κ2) is 7.04. The predicted molar refractivity (Wildman–Crippen MR) is 83.5 cm³/mol. The molecule has 0 aliphatic heterocycles. The van der Waals surface area contributed by atoms with Gasteiger partial charge in [0, 0.05) is 0 Å². The van der Waals surface area contributed by atoms with E-state index in [1.807, 2.05) is 25.1 Å². The lowest BCUT2D eigenvalue weighted by Gasteiger charge is -2.07. The quantitative estimate of drug-likeness (QED) is 0.856. The number of nitrogens with one attached hydrogen (secondary N) is 1. The molecule has 1 aromatic heterocycles. The summed E-state index contributed by atoms with van der Waals surface area (Å²) in [4.78, 5) is 27.7. The van der Waals surface area contributed by atoms with Crippen LogP contribution < -0.4 is 10.1 Å². The minimum atomic E-state index is -0.471. The van der Waals surface area contributed by atoms with Gasteiger partial charge in [-0.15, -0.1) is 0 Å². The van der Waals surface area contributed by atoms with Gasteiger partial charge in [0.15, 0.2) is 5.13 Å². The first-order valence-electron chi connectivity index (χ1n) is 6.51. The minimum absolute atomic E-state index is 0.198. The zero-order valence-electron chi connectivity index (χ0n) is 12.5. The van der Waals surface area contributed by atoms with Crippen molar-refractivity contribution in [2.75, 3.05) is 19.5 Å². The minimum Gasteiger partial charge on any atom is -0.496 e. The van der Waals surface area contributed by atoms with Crippen molar-refractivity contribution in [3.8, 4) is 5.75 Å². The Balaban J connectivity index is 2.01. The van der Waals surface area contributed by atoms with Crippen LogP contribution in [-0.2, 0) is 16.0 Å². The Bertz CT molecular complexity index is 697. The summed E-state index contributed by atoms with van der Waals surface area (Å²) in [6, 6.07) is 5.61. The van der Waals surface area contributed by atoms with E-state index < -0.39 is 5.97 Å². The molecule has 0 saturated heterocycles. The Morgan fingerprint density at radius 3 is 2.77 bits per heavy atom. The number of hydrogen-bond acceptors (Lipinski definition) is 6. The van der Waals surface area contributed by atoms with Gasteiger partial charge in [0.05, 0.1) is 26.8 Å². The maximum absolute atomic E-state index is 12.0. The van der Waals surface area contributed by atoms with Crippen LogP contribution in [0.5, 0.6) is 5.75 Å². The van der Waals surface area contributed by atoms with E-state index in [1.165, 1.54) is 13.3 Å². The predicted octanol–water partition coefficient (Wildman–Crippen LogP) is 2.43. The molecular weight excluding hydrogens is 304 g/mol. The van der Waals surface area contributed by atoms with Crippen molar-refractivity contribution >= 4 is 28.3 Å². The molecule has 0 aliphatic carbocycles. The fourth-order valence-corrected chi connectivity index (χ4v) is 2.60. The van der Waals surface area contributed by atoms with Gasteiger partial charge < -0.3 is 14.8 Å². The third kappa shape index (κ3) is 3.82. The average Bonchev–Trinajstić information content (AvgIpc) is 2.96. The molecule has 0 unspecified atom stereocenters. The van der Waals surface area contributed by atoms with Gasteiger partial charge in [-0.2, -0.15) is 0 Å². The zero-order chi connectivity index (χ0) is 16.1. The summed E-state index contributed by atoms with van der Waals surface area (Å²) >= 11 is 1.07. The molecule has 1 amide bonds. The van der Waals surface area contributed by atoms with Crippen LogP contribution in [-0.4, -0.2) is 31.1 Å². The summed E-state index contributed by atoms with van der Waals surface area (Å²) in [5, 5.41) is 3.03. The number of rotatable bonds is 5. The SMILES string of the molecule is COC(=O)c1cnc(NC(=O)Cc2ccc(C)c(OC)c2)s1. The van der Waals surface area contributed by atoms with Gasteiger partial charge in [0.1, 0.15) is 10.6 Å². The number of methoxy groups -OCH3 is 2. The number of nitrogens with zero attached hydrogens (tertiary/aromatic N) is 1. The Morgan fingerprint density at radius 1 is 1.32 bits per heavy atom. The van der Waals surface area contributed by atoms with Gasteiger partial charge in [-0.3, -0.25) is 4.79 Å². The molecule has 6 nitrogen and oxygen atoms in total. The molecule has 1 N–H and O–H groups in total. The van der Waals surface area contributed by atoms with Crippen molar-refractivity contribution in [2.24, 2.45) is 0 Å². The summed E-state index contributed by atoms with van der Waals surface area (Å²) in [5.41, 5.74) is 1.85. The normalized spacial score (nSPS) is 10.1. The van der Waals surface area contributed by atoms with Crippen LogP contribution in [0, 0.1) is 6.92 Å². The number of aryl methyl sites for hydroxylation is 1. The molecule has 2 aromatic rings. The molecule has 0 saturated carbocycles. The molecule has 0 atom stereocenters. The van der Waals surface area contributed by atoms with Crippen LogP contribution in [0.4, 0.5) is 5.13 Å². The van der Waals surface area contributed by atoms with Crippen LogP contribution in [0.1, 0.15) is 20.8 Å². The van der Waals surface area contributed by atoms with Gasteiger partial charge in [0.2, 0.25) is 5.91 Å². The molecule has 0 radical (unpaired) electrons. The van der Waals surface area contributed by atoms with E-state index in [-0.39, 0.29) is 12.3 Å². The number of amides is 1. The Labute approximate surface area is 132 Å². The van der Waals surface area contributed by atoms with Crippen molar-refractivity contribution in [1.82, 2.24) is 4.98 Å². The lowest BCUT2D eigenvalue weighted by atomic mass is 10.1. The van der Waals surface area contributed by atoms with E-state index in [2.05, 4.69) is 15.0 Å². The molecule has 0 bridgehead atoms. The molecule has 7 heteroatoms. The average molecular weight is 320 g/mol. The standard InChI is InChI=1S/C15H16N2O4S/c1-9-4-5-10(6-11(9)20-2)7-13(18)17-15-16-8-12(22-15)14(19)21-3/h4-6,8H,7H2,1-3H3,(H,16,17,18). The van der Waals surface area contributed by atoms with Crippen LogP contribution in [0.2, 0.25) is 0 Å². The monoisotopic (exact) mass is 320 g/mol. The highest BCUT2D eigenvalue weighted by Crippen LogP contribution is 2.21. The fourth-order valence-electron chi connectivity index (χ4n) is 1.85. The van der Waals surface area contributed by atoms with E-state index in [0.717, 1.165) is 28.2 Å². The summed E-state index contributed by atoms with van der Waals surface area (Å²) in [6.07, 6.45) is 1.57. The number of thiazole rings is 1. The van der Waals surface area contributed by atoms with Gasteiger partial charge >= 0.3 is 5.97 Å². The number of benzene rings is 1. The summed E-state index contributed by atoms with van der Waals surface area (Å²) in [7, 11) is 2.89. The van der Waals surface area contributed by atoms with Crippen molar-refractivity contribution in [3.05, 3.63) is 40.4 Å². The number of ether oxygens (including phenoxy) is 2. The molecular formula is C15H16N2O4S. The molecule has 0 aliphatic rings. The van der Waals surface area contributed by atoms with Crippen LogP contribution in [0.3, 0.4) is 0 Å². The van der Waals surface area contributed by atoms with Crippen LogP contribution in [0.15, 0.2) is 24.4 Å². The Morgan fingerprint density at radius 2 is 2.09 bits per heavy atom. The molecule has 1 aromatic carbocycles. The van der Waals surface area contributed by atoms with Crippen molar-refractivity contribution in [2.45, 2.75) is 13.3 Å². The number of aromatic nitrogens is 1. The maximum Gasteiger partial charge on any atom is 0.349 e. The van der Waals surface area contributed by atoms with Crippen molar-refractivity contribution in [1.29, 1.82) is 0 Å². The highest BCUT2D eigenvalue weighted by Gasteiger charge is 2.13. The molecule has 0 spiro atoms. The highest BCUT2D eigenvalue weighted by molar-refractivity contribution is 7.17. The number of carbonyl (C=O) groups is 2. The molecule has 2 rings (SSSR count). The van der Waals surface area contributed by atoms with Gasteiger partial charge in [0.25, 0.3) is 0 Å². The van der Waals surface area contributed by atoms with E-state index in [9.17, 15) is 9.59 Å². The molecule has 0 fully saturated rings. The number of carbonyl (C=O) groups excluding carboxylic acids is 2. The third-order valence-corrected chi connectivity index (χ3v) is 3.87. The zero-order valence-corrected chi connectivity index (χ0v) is 13.3. The van der Waals surface area contributed by atoms with Gasteiger partial charge in [-0.25, -0.2) is 9.78 Å². The van der Waals surface area contributed by atoms with E-state index >= 15 is 0 Å². The second-order valence-electron chi connectivity index (χ2n) is 4.55. The Hall–Kier alpha value is -2.41. The Kier molecular flexibility index (Phi) is 5.11. The lowest BCUT2D eigenvalue weighted by Crippen LogP contribution is -2.14. The van der Waals surface area contributed by atoms with Crippen molar-refractivity contribution in [3.63, 3.8) is 0 Å². The first-order chi connectivity index (χ1) is 10.5. The lowest BCUT2D eigenvalue weighted by molar-refractivity contribution is -0.115. The molecule has 116 valence electrons. The summed E-state index contributed by atoms with van der Waals surface area (Å²) in [6.45, 7) is 1.94. The van der Waals surface area contributed by atoms with Crippen LogP contribution >= 0.6 is 11.3 Å². The first kappa shape index (κ1) is 16.0. The van der Waals surface area contributed by atoms with Gasteiger partial charge in [-0.1, -0.05) is 23.5 Å². The largest absolute Gasteiger partial charge is 0.496 e. The van der Waals surface area contributed by atoms with E-state index in [0.29, 0.717) is 10.0 Å². The van der Waals surface area contributed by atoms with E-state index in [4.69, 9.17) is 4.74 Å². The highest BCUT2D eigenvalue weighted by atomic mass is 32.1. The summed E-state index contributed by atoms with van der Waals surface area (Å²) < 4.78 is 9.83. The fraction of sp³-hybridized carbons (Fsp3) is 0.267. The third-order valence-electron chi connectivity index (χ3n) is 2.98. The van der Waals surface area contributed by atoms with Crippen LogP contribution in [0.25, 0.3) is 0 Å². The first-order valence-corrected chi connectivity index (χ1v) is 7.32. The molecule has 1 heterocycles. The van der Waals surface area contributed by atoms with Crippen molar-refractivity contribution < 1.29 is 19.1 Å². The molecule has 22 heavy (non-hydrogen) atoms. The topological polar surface area (TPSA) is 77.5 Å². The van der Waals surface area contributed by atoms with Gasteiger partial charge in [-0.05, 0) is 24.1 Å². The number of hydrogen-bond donors (Lipinski definition) is 1. The maximum atomic E-state index is 12.0. The van der Waals surface area contributed by atoms with E-state index in [1.54, 1.807) is 7.11 Å². The second-order valence-corrected chi connectivity index (χ2v) is 5.58. The summed E-state index contributed by atoms with van der Waals surface area (Å²) in [5.74, 6) is 0.0606. The number of anilines is 1.